The largest absolute Gasteiger partial charge is 0.490 e. The Morgan fingerprint density at radius 2 is 1.83 bits per heavy atom. The second kappa shape index (κ2) is 10.1. The smallest absolute Gasteiger partial charge is 0.475 e. The third-order valence-corrected chi connectivity index (χ3v) is 5.62. The highest BCUT2D eigenvalue weighted by Crippen LogP contribution is 2.34. The molecule has 168 valence electrons. The van der Waals surface area contributed by atoms with E-state index in [-0.39, 0.29) is 17.4 Å². The van der Waals surface area contributed by atoms with Gasteiger partial charge < -0.3 is 19.5 Å². The Bertz CT molecular complexity index is 567. The number of carbonyl (C=O) groups is 2. The van der Waals surface area contributed by atoms with Crippen molar-refractivity contribution in [2.75, 3.05) is 46.0 Å². The van der Waals surface area contributed by atoms with E-state index in [9.17, 15) is 18.0 Å². The highest BCUT2D eigenvalue weighted by Gasteiger charge is 2.42. The third-order valence-electron chi connectivity index (χ3n) is 5.62. The predicted molar refractivity (Wildman–Crippen MR) is 98.4 cm³/mol. The van der Waals surface area contributed by atoms with Crippen LogP contribution in [0.2, 0.25) is 0 Å². The quantitative estimate of drug-likeness (QED) is 0.732. The molecule has 3 aliphatic rings. The van der Waals surface area contributed by atoms with Crippen molar-refractivity contribution in [1.29, 1.82) is 0 Å². The first-order valence-corrected chi connectivity index (χ1v) is 10.1. The van der Waals surface area contributed by atoms with Gasteiger partial charge >= 0.3 is 12.1 Å². The fraction of sp³-hybridized carbons (Fsp3) is 0.895. The lowest BCUT2D eigenvalue weighted by Crippen LogP contribution is -2.54. The first kappa shape index (κ1) is 23.9. The molecule has 7 nitrogen and oxygen atoms in total. The van der Waals surface area contributed by atoms with E-state index < -0.39 is 12.1 Å². The molecule has 0 aromatic heterocycles. The SMILES string of the molecule is CC(C)N1CCOCC2(CCCN(C(=O)C3CCCO3)C2)C1.O=C(O)C(F)(F)F. The standard InChI is InChI=1S/C17H30N2O3.C2HF3O2/c1-14(2)18-8-10-21-13-17(11-18)6-4-7-19(12-17)16(20)15-5-3-9-22-15;3-2(4,5)1(6)7/h14-15H,3-13H2,1-2H3;(H,6,7). The van der Waals surface area contributed by atoms with Gasteiger partial charge in [0, 0.05) is 44.2 Å². The van der Waals surface area contributed by atoms with Crippen LogP contribution in [-0.4, -0.2) is 91.1 Å². The zero-order valence-corrected chi connectivity index (χ0v) is 17.0. The monoisotopic (exact) mass is 424 g/mol. The van der Waals surface area contributed by atoms with Gasteiger partial charge in [-0.1, -0.05) is 0 Å². The number of ether oxygens (including phenoxy) is 2. The molecule has 1 amide bonds. The van der Waals surface area contributed by atoms with Gasteiger partial charge in [0.2, 0.25) is 0 Å². The van der Waals surface area contributed by atoms with E-state index >= 15 is 0 Å². The predicted octanol–water partition coefficient (Wildman–Crippen LogP) is 2.15. The van der Waals surface area contributed by atoms with E-state index in [1.807, 2.05) is 4.90 Å². The summed E-state index contributed by atoms with van der Waals surface area (Å²) in [5, 5.41) is 7.12. The van der Waals surface area contributed by atoms with Crippen molar-refractivity contribution in [3.63, 3.8) is 0 Å². The van der Waals surface area contributed by atoms with Crippen LogP contribution in [-0.2, 0) is 19.1 Å². The number of carbonyl (C=O) groups excluding carboxylic acids is 1. The molecule has 0 bridgehead atoms. The number of nitrogens with zero attached hydrogens (tertiary/aromatic N) is 2. The summed E-state index contributed by atoms with van der Waals surface area (Å²) >= 11 is 0. The second-order valence-electron chi connectivity index (χ2n) is 8.28. The van der Waals surface area contributed by atoms with Crippen molar-refractivity contribution in [2.45, 2.75) is 57.9 Å². The number of hydrogen-bond acceptors (Lipinski definition) is 5. The molecule has 0 saturated carbocycles. The fourth-order valence-corrected chi connectivity index (χ4v) is 4.09. The van der Waals surface area contributed by atoms with Crippen LogP contribution in [0.5, 0.6) is 0 Å². The van der Waals surface area contributed by atoms with Gasteiger partial charge in [-0.05, 0) is 39.5 Å². The summed E-state index contributed by atoms with van der Waals surface area (Å²) in [5.74, 6) is -2.55. The molecule has 2 unspecified atom stereocenters. The molecular formula is C19H31F3N2O5. The van der Waals surface area contributed by atoms with Crippen LogP contribution in [0.3, 0.4) is 0 Å². The Labute approximate surface area is 169 Å². The Balaban J connectivity index is 0.000000370. The molecule has 0 aliphatic carbocycles. The molecule has 3 saturated heterocycles. The van der Waals surface area contributed by atoms with Crippen LogP contribution >= 0.6 is 0 Å². The second-order valence-corrected chi connectivity index (χ2v) is 8.28. The fourth-order valence-electron chi connectivity index (χ4n) is 4.09. The maximum Gasteiger partial charge on any atom is 0.490 e. The summed E-state index contributed by atoms with van der Waals surface area (Å²) in [5.41, 5.74) is 0.104. The lowest BCUT2D eigenvalue weighted by molar-refractivity contribution is -0.192. The number of carboxylic acid groups (broad SMARTS) is 1. The van der Waals surface area contributed by atoms with Crippen LogP contribution < -0.4 is 0 Å². The van der Waals surface area contributed by atoms with E-state index in [4.69, 9.17) is 19.4 Å². The van der Waals surface area contributed by atoms with Gasteiger partial charge in [0.25, 0.3) is 5.91 Å². The number of piperidine rings is 1. The highest BCUT2D eigenvalue weighted by atomic mass is 19.4. The minimum Gasteiger partial charge on any atom is -0.475 e. The van der Waals surface area contributed by atoms with Gasteiger partial charge in [-0.3, -0.25) is 9.69 Å². The minimum atomic E-state index is -5.08. The van der Waals surface area contributed by atoms with Crippen molar-refractivity contribution < 1.29 is 37.3 Å². The summed E-state index contributed by atoms with van der Waals surface area (Å²) in [6.45, 7) is 10.6. The van der Waals surface area contributed by atoms with Gasteiger partial charge in [-0.2, -0.15) is 13.2 Å². The first-order valence-electron chi connectivity index (χ1n) is 10.1. The molecule has 0 radical (unpaired) electrons. The summed E-state index contributed by atoms with van der Waals surface area (Å²) in [6, 6.07) is 0.530. The molecule has 0 aromatic carbocycles. The third kappa shape index (κ3) is 6.82. The molecule has 10 heteroatoms. The summed E-state index contributed by atoms with van der Waals surface area (Å²) in [6.07, 6.45) is -1.14. The lowest BCUT2D eigenvalue weighted by atomic mass is 9.79. The molecule has 3 aliphatic heterocycles. The first-order chi connectivity index (χ1) is 13.5. The van der Waals surface area contributed by atoms with Gasteiger partial charge in [-0.25, -0.2) is 4.79 Å². The normalized spacial score (nSPS) is 28.8. The molecule has 2 atom stereocenters. The van der Waals surface area contributed by atoms with Crippen molar-refractivity contribution in [1.82, 2.24) is 9.80 Å². The van der Waals surface area contributed by atoms with Gasteiger partial charge in [0.15, 0.2) is 0 Å². The molecule has 29 heavy (non-hydrogen) atoms. The number of alkyl halides is 3. The van der Waals surface area contributed by atoms with E-state index in [0.29, 0.717) is 6.04 Å². The number of halogens is 3. The van der Waals surface area contributed by atoms with E-state index in [2.05, 4.69) is 18.7 Å². The van der Waals surface area contributed by atoms with Crippen LogP contribution in [0.1, 0.15) is 39.5 Å². The highest BCUT2D eigenvalue weighted by molar-refractivity contribution is 5.81. The van der Waals surface area contributed by atoms with Crippen molar-refractivity contribution in [3.05, 3.63) is 0 Å². The molecular weight excluding hydrogens is 393 g/mol. The molecule has 1 N–H and O–H groups in total. The Morgan fingerprint density at radius 1 is 1.14 bits per heavy atom. The van der Waals surface area contributed by atoms with Crippen molar-refractivity contribution in [3.8, 4) is 0 Å². The molecule has 1 spiro atoms. The number of aliphatic carboxylic acids is 1. The van der Waals surface area contributed by atoms with E-state index in [1.54, 1.807) is 0 Å². The number of rotatable bonds is 2. The van der Waals surface area contributed by atoms with E-state index in [1.165, 1.54) is 0 Å². The van der Waals surface area contributed by atoms with Crippen molar-refractivity contribution >= 4 is 11.9 Å². The van der Waals surface area contributed by atoms with E-state index in [0.717, 1.165) is 71.7 Å². The van der Waals surface area contributed by atoms with Crippen LogP contribution in [0.4, 0.5) is 13.2 Å². The topological polar surface area (TPSA) is 79.3 Å². The minimum absolute atomic E-state index is 0.104. The van der Waals surface area contributed by atoms with Crippen LogP contribution in [0, 0.1) is 5.41 Å². The van der Waals surface area contributed by atoms with Crippen LogP contribution in [0.25, 0.3) is 0 Å². The summed E-state index contributed by atoms with van der Waals surface area (Å²) in [4.78, 5) is 26.1. The van der Waals surface area contributed by atoms with Gasteiger partial charge in [0.05, 0.1) is 13.2 Å². The molecule has 3 fully saturated rings. The maximum absolute atomic E-state index is 12.7. The number of likely N-dealkylation sites (tertiary alicyclic amines) is 1. The Hall–Kier alpha value is -1.39. The molecule has 3 rings (SSSR count). The molecule has 3 heterocycles. The summed E-state index contributed by atoms with van der Waals surface area (Å²) in [7, 11) is 0. The van der Waals surface area contributed by atoms with Gasteiger partial charge in [0.1, 0.15) is 6.10 Å². The Morgan fingerprint density at radius 3 is 2.38 bits per heavy atom. The summed E-state index contributed by atoms with van der Waals surface area (Å²) < 4.78 is 43.2. The number of amides is 1. The average molecular weight is 424 g/mol. The van der Waals surface area contributed by atoms with Crippen molar-refractivity contribution in [2.24, 2.45) is 5.41 Å². The van der Waals surface area contributed by atoms with Gasteiger partial charge in [-0.15, -0.1) is 0 Å². The van der Waals surface area contributed by atoms with Crippen LogP contribution in [0.15, 0.2) is 0 Å². The lowest BCUT2D eigenvalue weighted by Gasteiger charge is -2.44. The average Bonchev–Trinajstić information content (AvgIpc) is 3.10. The zero-order valence-electron chi connectivity index (χ0n) is 17.0. The Kier molecular flexibility index (Phi) is 8.30. The zero-order chi connectivity index (χ0) is 21.7. The number of hydrogen-bond donors (Lipinski definition) is 1. The maximum atomic E-state index is 12.7. The number of carboxylic acids is 1. The molecule has 0 aromatic rings.